The summed E-state index contributed by atoms with van der Waals surface area (Å²) in [6, 6.07) is 0. The van der Waals surface area contributed by atoms with E-state index in [-0.39, 0.29) is 11.7 Å². The van der Waals surface area contributed by atoms with Gasteiger partial charge in [0, 0.05) is 11.8 Å². The summed E-state index contributed by atoms with van der Waals surface area (Å²) in [6.45, 7) is 0. The van der Waals surface area contributed by atoms with Gasteiger partial charge in [-0.1, -0.05) is 18.0 Å². The molecule has 1 aromatic heterocycles. The Kier molecular flexibility index (Phi) is 2.50. The van der Waals surface area contributed by atoms with E-state index in [0.717, 1.165) is 31.5 Å². The minimum Gasteiger partial charge on any atom is -0.339 e. The molecule has 0 aliphatic heterocycles. The van der Waals surface area contributed by atoms with Crippen LogP contribution in [0.25, 0.3) is 0 Å². The van der Waals surface area contributed by atoms with Crippen LogP contribution in [0.2, 0.25) is 0 Å². The summed E-state index contributed by atoms with van der Waals surface area (Å²) in [4.78, 5) is 15.9. The molecule has 0 atom stereocenters. The molecule has 2 saturated carbocycles. The van der Waals surface area contributed by atoms with Crippen LogP contribution in [0.1, 0.15) is 56.2 Å². The lowest BCUT2D eigenvalue weighted by molar-refractivity contribution is -0.119. The van der Waals surface area contributed by atoms with Crippen LogP contribution in [0.15, 0.2) is 4.52 Å². The van der Waals surface area contributed by atoms with Crippen molar-refractivity contribution in [1.82, 2.24) is 10.1 Å². The summed E-state index contributed by atoms with van der Waals surface area (Å²) >= 11 is 0. The van der Waals surface area contributed by atoms with E-state index in [1.165, 1.54) is 12.8 Å². The molecule has 0 bridgehead atoms. The maximum atomic E-state index is 11.6. The third-order valence-corrected chi connectivity index (χ3v) is 3.56. The molecule has 16 heavy (non-hydrogen) atoms. The second kappa shape index (κ2) is 4.00. The average Bonchev–Trinajstić information content (AvgIpc) is 2.80. The van der Waals surface area contributed by atoms with Gasteiger partial charge in [-0.3, -0.25) is 4.79 Å². The first kappa shape index (κ1) is 10.00. The van der Waals surface area contributed by atoms with Crippen molar-refractivity contribution in [1.29, 1.82) is 0 Å². The zero-order chi connectivity index (χ0) is 11.0. The SMILES string of the molecule is O=C(Cc1nc(C2CCCC2)no1)C1CC1. The number of hydrogen-bond acceptors (Lipinski definition) is 4. The number of carbonyl (C=O) groups is 1. The summed E-state index contributed by atoms with van der Waals surface area (Å²) < 4.78 is 5.14. The zero-order valence-electron chi connectivity index (χ0n) is 9.32. The van der Waals surface area contributed by atoms with Crippen LogP contribution in [0, 0.1) is 5.92 Å². The molecule has 3 rings (SSSR count). The second-order valence-electron chi connectivity index (χ2n) is 4.95. The lowest BCUT2D eigenvalue weighted by Gasteiger charge is -1.99. The van der Waals surface area contributed by atoms with Crippen LogP contribution in [0.4, 0.5) is 0 Å². The molecule has 0 saturated heterocycles. The molecule has 4 heteroatoms. The van der Waals surface area contributed by atoms with Gasteiger partial charge >= 0.3 is 0 Å². The van der Waals surface area contributed by atoms with Crippen molar-refractivity contribution >= 4 is 5.78 Å². The van der Waals surface area contributed by atoms with Crippen LogP contribution in [-0.2, 0) is 11.2 Å². The van der Waals surface area contributed by atoms with Crippen LogP contribution in [-0.4, -0.2) is 15.9 Å². The number of Topliss-reactive ketones (excluding diaryl/α,β-unsaturated/α-hetero) is 1. The van der Waals surface area contributed by atoms with Crippen molar-refractivity contribution in [2.75, 3.05) is 0 Å². The Labute approximate surface area is 94.4 Å². The minimum absolute atomic E-state index is 0.265. The Morgan fingerprint density at radius 1 is 1.25 bits per heavy atom. The van der Waals surface area contributed by atoms with E-state index in [9.17, 15) is 4.79 Å². The lowest BCUT2D eigenvalue weighted by atomic mass is 10.1. The molecular formula is C12H16N2O2. The zero-order valence-corrected chi connectivity index (χ0v) is 9.32. The minimum atomic E-state index is 0.265. The molecule has 86 valence electrons. The fourth-order valence-electron chi connectivity index (χ4n) is 2.39. The van der Waals surface area contributed by atoms with E-state index in [0.29, 0.717) is 18.2 Å². The highest BCUT2D eigenvalue weighted by atomic mass is 16.5. The smallest absolute Gasteiger partial charge is 0.234 e. The van der Waals surface area contributed by atoms with Gasteiger partial charge < -0.3 is 4.52 Å². The molecule has 0 amide bonds. The van der Waals surface area contributed by atoms with Gasteiger partial charge in [-0.05, 0) is 25.7 Å². The molecule has 0 radical (unpaired) electrons. The van der Waals surface area contributed by atoms with Crippen LogP contribution in [0.3, 0.4) is 0 Å². The van der Waals surface area contributed by atoms with Crippen LogP contribution in [0.5, 0.6) is 0 Å². The van der Waals surface area contributed by atoms with Crippen molar-refractivity contribution in [3.05, 3.63) is 11.7 Å². The molecule has 0 spiro atoms. The number of carbonyl (C=O) groups excluding carboxylic acids is 1. The summed E-state index contributed by atoms with van der Waals surface area (Å²) in [6.07, 6.45) is 7.27. The van der Waals surface area contributed by atoms with Gasteiger partial charge in [0.05, 0.1) is 6.42 Å². The molecule has 0 aromatic carbocycles. The maximum Gasteiger partial charge on any atom is 0.234 e. The highest BCUT2D eigenvalue weighted by molar-refractivity contribution is 5.84. The standard InChI is InChI=1S/C12H16N2O2/c15-10(8-5-6-8)7-11-13-12(14-16-11)9-3-1-2-4-9/h8-9H,1-7H2. The van der Waals surface area contributed by atoms with Crippen molar-refractivity contribution in [2.45, 2.75) is 50.9 Å². The lowest BCUT2D eigenvalue weighted by Crippen LogP contribution is -2.05. The normalized spacial score (nSPS) is 21.5. The first-order chi connectivity index (χ1) is 7.83. The summed E-state index contributed by atoms with van der Waals surface area (Å²) in [5.41, 5.74) is 0. The number of nitrogens with zero attached hydrogens (tertiary/aromatic N) is 2. The Bertz CT molecular complexity index is 389. The van der Waals surface area contributed by atoms with Crippen molar-refractivity contribution in [3.63, 3.8) is 0 Å². The maximum absolute atomic E-state index is 11.6. The van der Waals surface area contributed by atoms with E-state index in [1.54, 1.807) is 0 Å². The van der Waals surface area contributed by atoms with Gasteiger partial charge in [0.15, 0.2) is 5.82 Å². The van der Waals surface area contributed by atoms with Crippen molar-refractivity contribution < 1.29 is 9.32 Å². The third-order valence-electron chi connectivity index (χ3n) is 3.56. The largest absolute Gasteiger partial charge is 0.339 e. The molecule has 0 unspecified atom stereocenters. The molecule has 2 aliphatic rings. The van der Waals surface area contributed by atoms with Gasteiger partial charge in [-0.15, -0.1) is 0 Å². The first-order valence-corrected chi connectivity index (χ1v) is 6.18. The number of aromatic nitrogens is 2. The Morgan fingerprint density at radius 2 is 2.00 bits per heavy atom. The number of rotatable bonds is 4. The third kappa shape index (κ3) is 2.01. The quantitative estimate of drug-likeness (QED) is 0.780. The predicted molar refractivity (Wildman–Crippen MR) is 56.9 cm³/mol. The van der Waals surface area contributed by atoms with E-state index < -0.39 is 0 Å². The molecule has 2 aliphatic carbocycles. The highest BCUT2D eigenvalue weighted by Gasteiger charge is 2.31. The molecule has 4 nitrogen and oxygen atoms in total. The fourth-order valence-corrected chi connectivity index (χ4v) is 2.39. The van der Waals surface area contributed by atoms with Gasteiger partial charge in [0.1, 0.15) is 5.78 Å². The molecule has 0 N–H and O–H groups in total. The Hall–Kier alpha value is -1.19. The van der Waals surface area contributed by atoms with Crippen molar-refractivity contribution in [3.8, 4) is 0 Å². The molecule has 2 fully saturated rings. The Balaban J connectivity index is 1.64. The fraction of sp³-hybridized carbons (Fsp3) is 0.750. The monoisotopic (exact) mass is 220 g/mol. The van der Waals surface area contributed by atoms with E-state index in [4.69, 9.17) is 4.52 Å². The summed E-state index contributed by atoms with van der Waals surface area (Å²) in [7, 11) is 0. The van der Waals surface area contributed by atoms with Gasteiger partial charge in [0.25, 0.3) is 0 Å². The van der Waals surface area contributed by atoms with Gasteiger partial charge in [-0.2, -0.15) is 4.98 Å². The van der Waals surface area contributed by atoms with E-state index >= 15 is 0 Å². The van der Waals surface area contributed by atoms with Crippen LogP contribution < -0.4 is 0 Å². The average molecular weight is 220 g/mol. The van der Waals surface area contributed by atoms with Crippen molar-refractivity contribution in [2.24, 2.45) is 5.92 Å². The predicted octanol–water partition coefficient (Wildman–Crippen LogP) is 2.25. The van der Waals surface area contributed by atoms with E-state index in [2.05, 4.69) is 10.1 Å². The molecule has 1 heterocycles. The second-order valence-corrected chi connectivity index (χ2v) is 4.95. The first-order valence-electron chi connectivity index (χ1n) is 6.18. The molecule has 1 aromatic rings. The number of ketones is 1. The summed E-state index contributed by atoms with van der Waals surface area (Å²) in [5.74, 6) is 2.34. The topological polar surface area (TPSA) is 56.0 Å². The highest BCUT2D eigenvalue weighted by Crippen LogP contribution is 2.33. The summed E-state index contributed by atoms with van der Waals surface area (Å²) in [5, 5.41) is 3.99. The van der Waals surface area contributed by atoms with Gasteiger partial charge in [0.2, 0.25) is 5.89 Å². The number of hydrogen-bond donors (Lipinski definition) is 0. The van der Waals surface area contributed by atoms with Crippen LogP contribution >= 0.6 is 0 Å². The van der Waals surface area contributed by atoms with E-state index in [1.807, 2.05) is 0 Å². The Morgan fingerprint density at radius 3 is 2.69 bits per heavy atom. The van der Waals surface area contributed by atoms with Gasteiger partial charge in [-0.25, -0.2) is 0 Å². The molecular weight excluding hydrogens is 204 g/mol.